The number of benzene rings is 2. The molecule has 27 heavy (non-hydrogen) atoms. The first-order valence-electron chi connectivity index (χ1n) is 8.63. The van der Waals surface area contributed by atoms with Gasteiger partial charge in [-0.15, -0.1) is 10.2 Å². The summed E-state index contributed by atoms with van der Waals surface area (Å²) in [4.78, 5) is 0.230. The number of nitrogens with zero attached hydrogens (tertiary/aromatic N) is 3. The number of hydrogen-bond acceptors (Lipinski definition) is 5. The van der Waals surface area contributed by atoms with E-state index >= 15 is 0 Å². The quantitative estimate of drug-likeness (QED) is 0.682. The first-order chi connectivity index (χ1) is 13.0. The van der Waals surface area contributed by atoms with Crippen molar-refractivity contribution in [2.24, 2.45) is 0 Å². The van der Waals surface area contributed by atoms with Gasteiger partial charge in [0.05, 0.1) is 10.5 Å². The van der Waals surface area contributed by atoms with Gasteiger partial charge in [0.15, 0.2) is 0 Å². The molecule has 0 radical (unpaired) electrons. The zero-order valence-corrected chi connectivity index (χ0v) is 15.5. The summed E-state index contributed by atoms with van der Waals surface area (Å²) in [6.45, 7) is 2.27. The second-order valence-corrected chi connectivity index (χ2v) is 8.40. The molecule has 1 aliphatic rings. The molecule has 6 nitrogen and oxygen atoms in total. The van der Waals surface area contributed by atoms with Gasteiger partial charge in [-0.25, -0.2) is 12.8 Å². The Morgan fingerprint density at radius 2 is 1.85 bits per heavy atom. The molecule has 4 rings (SSSR count). The van der Waals surface area contributed by atoms with Crippen molar-refractivity contribution >= 4 is 10.0 Å². The van der Waals surface area contributed by atoms with Gasteiger partial charge in [-0.3, -0.25) is 0 Å². The van der Waals surface area contributed by atoms with Crippen LogP contribution in [0.1, 0.15) is 30.3 Å². The van der Waals surface area contributed by atoms with Crippen LogP contribution in [0.15, 0.2) is 57.8 Å². The van der Waals surface area contributed by atoms with Gasteiger partial charge in [0.25, 0.3) is 5.89 Å². The average Bonchev–Trinajstić information content (AvgIpc) is 3.32. The fraction of sp³-hybridized carbons (Fsp3) is 0.263. The number of rotatable bonds is 4. The summed E-state index contributed by atoms with van der Waals surface area (Å²) in [5, 5.41) is 7.91. The number of hydrogen-bond donors (Lipinski definition) is 0. The van der Waals surface area contributed by atoms with Gasteiger partial charge in [-0.1, -0.05) is 29.8 Å². The van der Waals surface area contributed by atoms with Crippen molar-refractivity contribution in [2.75, 3.05) is 6.54 Å². The standard InChI is InChI=1S/C19H18FN3O3S/c1-13-8-10-14(11-9-13)27(24,25)23-12-4-7-17(23)19-22-21-18(26-19)15-5-2-3-6-16(15)20/h2-3,5-6,8-11,17H,4,7,12H2,1H3. The highest BCUT2D eigenvalue weighted by molar-refractivity contribution is 7.89. The molecule has 0 spiro atoms. The minimum atomic E-state index is -3.68. The molecule has 1 atom stereocenters. The minimum Gasteiger partial charge on any atom is -0.419 e. The number of aromatic nitrogens is 2. The fourth-order valence-electron chi connectivity index (χ4n) is 3.23. The van der Waals surface area contributed by atoms with Crippen LogP contribution in [0.2, 0.25) is 0 Å². The monoisotopic (exact) mass is 387 g/mol. The van der Waals surface area contributed by atoms with Gasteiger partial charge < -0.3 is 4.42 Å². The van der Waals surface area contributed by atoms with Crippen molar-refractivity contribution in [1.29, 1.82) is 0 Å². The van der Waals surface area contributed by atoms with Gasteiger partial charge in [-0.05, 0) is 44.0 Å². The largest absolute Gasteiger partial charge is 0.419 e. The molecule has 1 aromatic heterocycles. The van der Waals surface area contributed by atoms with Gasteiger partial charge in [0, 0.05) is 6.54 Å². The van der Waals surface area contributed by atoms with E-state index in [4.69, 9.17) is 4.42 Å². The third-order valence-electron chi connectivity index (χ3n) is 4.66. The summed E-state index contributed by atoms with van der Waals surface area (Å²) >= 11 is 0. The molecule has 140 valence electrons. The van der Waals surface area contributed by atoms with Crippen molar-refractivity contribution in [2.45, 2.75) is 30.7 Å². The average molecular weight is 387 g/mol. The summed E-state index contributed by atoms with van der Waals surface area (Å²) in [5.41, 5.74) is 1.18. The highest BCUT2D eigenvalue weighted by Gasteiger charge is 2.39. The van der Waals surface area contributed by atoms with Crippen molar-refractivity contribution in [3.8, 4) is 11.5 Å². The lowest BCUT2D eigenvalue weighted by molar-refractivity contribution is 0.332. The third-order valence-corrected chi connectivity index (χ3v) is 6.58. The molecule has 0 saturated carbocycles. The lowest BCUT2D eigenvalue weighted by Crippen LogP contribution is -2.30. The smallest absolute Gasteiger partial charge is 0.250 e. The van der Waals surface area contributed by atoms with Crippen LogP contribution in [0.4, 0.5) is 4.39 Å². The predicted molar refractivity (Wildman–Crippen MR) is 96.7 cm³/mol. The van der Waals surface area contributed by atoms with Crippen LogP contribution in [-0.2, 0) is 10.0 Å². The fourth-order valence-corrected chi connectivity index (χ4v) is 4.88. The molecule has 0 amide bonds. The third kappa shape index (κ3) is 3.26. The van der Waals surface area contributed by atoms with Gasteiger partial charge in [0.1, 0.15) is 11.9 Å². The number of sulfonamides is 1. The van der Waals surface area contributed by atoms with Crippen molar-refractivity contribution in [1.82, 2.24) is 14.5 Å². The first kappa shape index (κ1) is 17.8. The van der Waals surface area contributed by atoms with Crippen LogP contribution in [0.5, 0.6) is 0 Å². The molecule has 1 unspecified atom stereocenters. The second-order valence-electron chi connectivity index (χ2n) is 6.51. The van der Waals surface area contributed by atoms with Crippen molar-refractivity contribution in [3.63, 3.8) is 0 Å². The van der Waals surface area contributed by atoms with E-state index in [1.54, 1.807) is 42.5 Å². The molecule has 0 aliphatic carbocycles. The van der Waals surface area contributed by atoms with E-state index in [-0.39, 0.29) is 22.2 Å². The topological polar surface area (TPSA) is 76.3 Å². The van der Waals surface area contributed by atoms with E-state index in [1.807, 2.05) is 6.92 Å². The number of aryl methyl sites for hydroxylation is 1. The van der Waals surface area contributed by atoms with Crippen LogP contribution in [0.25, 0.3) is 11.5 Å². The summed E-state index contributed by atoms with van der Waals surface area (Å²) in [6.07, 6.45) is 1.26. The minimum absolute atomic E-state index is 0.0442. The van der Waals surface area contributed by atoms with Crippen LogP contribution in [0, 0.1) is 12.7 Å². The molecule has 1 saturated heterocycles. The van der Waals surface area contributed by atoms with Crippen molar-refractivity contribution in [3.05, 3.63) is 65.8 Å². The van der Waals surface area contributed by atoms with E-state index in [9.17, 15) is 12.8 Å². The summed E-state index contributed by atoms with van der Waals surface area (Å²) in [7, 11) is -3.68. The van der Waals surface area contributed by atoms with Crippen LogP contribution >= 0.6 is 0 Å². The van der Waals surface area contributed by atoms with Crippen molar-refractivity contribution < 1.29 is 17.2 Å². The maximum Gasteiger partial charge on any atom is 0.250 e. The van der Waals surface area contributed by atoms with Gasteiger partial charge in [0.2, 0.25) is 15.9 Å². The Labute approximate surface area is 156 Å². The molecule has 3 aromatic rings. The molecule has 0 N–H and O–H groups in total. The zero-order chi connectivity index (χ0) is 19.0. The lowest BCUT2D eigenvalue weighted by Gasteiger charge is -2.21. The molecule has 1 fully saturated rings. The Kier molecular flexibility index (Phi) is 4.53. The lowest BCUT2D eigenvalue weighted by atomic mass is 10.2. The summed E-state index contributed by atoms with van der Waals surface area (Å²) < 4.78 is 47.1. The molecular formula is C19H18FN3O3S. The Balaban J connectivity index is 1.66. The molecule has 8 heteroatoms. The van der Waals surface area contributed by atoms with Crippen LogP contribution < -0.4 is 0 Å². The molecule has 0 bridgehead atoms. The van der Waals surface area contributed by atoms with Crippen LogP contribution in [0.3, 0.4) is 0 Å². The van der Waals surface area contributed by atoms with Crippen LogP contribution in [-0.4, -0.2) is 29.5 Å². The SMILES string of the molecule is Cc1ccc(S(=O)(=O)N2CCCC2c2nnc(-c3ccccc3F)o2)cc1. The zero-order valence-electron chi connectivity index (χ0n) is 14.7. The molecular weight excluding hydrogens is 369 g/mol. The maximum absolute atomic E-state index is 13.9. The first-order valence-corrected chi connectivity index (χ1v) is 10.1. The normalized spacial score (nSPS) is 18.1. The molecule has 1 aliphatic heterocycles. The van der Waals surface area contributed by atoms with E-state index in [0.29, 0.717) is 19.4 Å². The Hall–Kier alpha value is -2.58. The second kappa shape index (κ2) is 6.86. The van der Waals surface area contributed by atoms with Gasteiger partial charge >= 0.3 is 0 Å². The van der Waals surface area contributed by atoms with Gasteiger partial charge in [-0.2, -0.15) is 4.31 Å². The van der Waals surface area contributed by atoms with E-state index in [0.717, 1.165) is 5.56 Å². The maximum atomic E-state index is 13.9. The summed E-state index contributed by atoms with van der Waals surface area (Å²) in [5.74, 6) is -0.243. The number of halogens is 1. The van der Waals surface area contributed by atoms with E-state index in [1.165, 1.54) is 10.4 Å². The Bertz CT molecular complexity index is 1060. The Morgan fingerprint density at radius 3 is 2.59 bits per heavy atom. The molecule has 2 aromatic carbocycles. The highest BCUT2D eigenvalue weighted by atomic mass is 32.2. The van der Waals surface area contributed by atoms with E-state index in [2.05, 4.69) is 10.2 Å². The Morgan fingerprint density at radius 1 is 1.11 bits per heavy atom. The molecule has 2 heterocycles. The summed E-state index contributed by atoms with van der Waals surface area (Å²) in [6, 6.07) is 12.3. The predicted octanol–water partition coefficient (Wildman–Crippen LogP) is 3.71. The highest BCUT2D eigenvalue weighted by Crippen LogP contribution is 2.37. The van der Waals surface area contributed by atoms with E-state index < -0.39 is 21.9 Å².